The molecule has 0 unspecified atom stereocenters. The van der Waals surface area contributed by atoms with E-state index in [4.69, 9.17) is 4.74 Å². The molecule has 8 heteroatoms. The van der Waals surface area contributed by atoms with Crippen molar-refractivity contribution in [2.45, 2.75) is 24.8 Å². The summed E-state index contributed by atoms with van der Waals surface area (Å²) in [6.07, 6.45) is 0.458. The number of morpholine rings is 1. The van der Waals surface area contributed by atoms with Crippen LogP contribution in [0.25, 0.3) is 5.69 Å². The van der Waals surface area contributed by atoms with Gasteiger partial charge in [0.05, 0.1) is 30.3 Å². The number of aromatic nitrogens is 2. The van der Waals surface area contributed by atoms with Gasteiger partial charge in [0.1, 0.15) is 5.03 Å². The molecule has 0 radical (unpaired) electrons. The predicted molar refractivity (Wildman–Crippen MR) is 108 cm³/mol. The van der Waals surface area contributed by atoms with Crippen molar-refractivity contribution in [1.29, 1.82) is 0 Å². The Morgan fingerprint density at radius 1 is 1.07 bits per heavy atom. The SMILES string of the molecule is Cc1nn(-c2ccccc2)c2c1N(C(=O)CCC(=O)N1CCOCC1)CCS2. The molecule has 1 saturated heterocycles. The molecule has 2 aliphatic heterocycles. The fraction of sp³-hybridized carbons (Fsp3) is 0.450. The molecular weight excluding hydrogens is 376 g/mol. The highest BCUT2D eigenvalue weighted by Crippen LogP contribution is 2.39. The lowest BCUT2D eigenvalue weighted by Gasteiger charge is -2.29. The van der Waals surface area contributed by atoms with Crippen LogP contribution >= 0.6 is 11.8 Å². The van der Waals surface area contributed by atoms with Crippen LogP contribution in [-0.4, -0.2) is 65.1 Å². The molecule has 0 bridgehead atoms. The van der Waals surface area contributed by atoms with Crippen molar-refractivity contribution in [2.24, 2.45) is 0 Å². The van der Waals surface area contributed by atoms with E-state index in [1.807, 2.05) is 41.9 Å². The summed E-state index contributed by atoms with van der Waals surface area (Å²) in [5, 5.41) is 5.67. The first-order chi connectivity index (χ1) is 13.6. The molecule has 1 fully saturated rings. The van der Waals surface area contributed by atoms with Crippen LogP contribution in [0.1, 0.15) is 18.5 Å². The van der Waals surface area contributed by atoms with Crippen LogP contribution in [-0.2, 0) is 14.3 Å². The summed E-state index contributed by atoms with van der Waals surface area (Å²) in [4.78, 5) is 28.9. The van der Waals surface area contributed by atoms with Crippen molar-refractivity contribution in [3.63, 3.8) is 0 Å². The molecule has 148 valence electrons. The molecule has 7 nitrogen and oxygen atoms in total. The number of ether oxygens (including phenoxy) is 1. The van der Waals surface area contributed by atoms with Gasteiger partial charge >= 0.3 is 0 Å². The van der Waals surface area contributed by atoms with Crippen LogP contribution in [0, 0.1) is 6.92 Å². The molecule has 0 aliphatic carbocycles. The molecule has 1 aromatic carbocycles. The number of benzene rings is 1. The first-order valence-electron chi connectivity index (χ1n) is 9.59. The molecule has 2 amide bonds. The highest BCUT2D eigenvalue weighted by atomic mass is 32.2. The Morgan fingerprint density at radius 2 is 1.79 bits per heavy atom. The lowest BCUT2D eigenvalue weighted by molar-refractivity contribution is -0.136. The Labute approximate surface area is 168 Å². The minimum atomic E-state index is -0.0149. The quantitative estimate of drug-likeness (QED) is 0.788. The van der Waals surface area contributed by atoms with Crippen LogP contribution in [0.15, 0.2) is 35.4 Å². The molecule has 1 aromatic heterocycles. The van der Waals surface area contributed by atoms with E-state index >= 15 is 0 Å². The molecule has 3 heterocycles. The van der Waals surface area contributed by atoms with Crippen molar-refractivity contribution >= 4 is 29.3 Å². The van der Waals surface area contributed by atoms with Gasteiger partial charge < -0.3 is 14.5 Å². The maximum atomic E-state index is 12.9. The summed E-state index contributed by atoms with van der Waals surface area (Å²) in [5.41, 5.74) is 2.69. The zero-order chi connectivity index (χ0) is 19.5. The molecule has 0 N–H and O–H groups in total. The van der Waals surface area contributed by atoms with E-state index in [1.54, 1.807) is 21.6 Å². The number of rotatable bonds is 4. The number of hydrogen-bond donors (Lipinski definition) is 0. The van der Waals surface area contributed by atoms with Gasteiger partial charge in [0, 0.05) is 38.2 Å². The average molecular weight is 401 g/mol. The zero-order valence-corrected chi connectivity index (χ0v) is 16.8. The molecule has 28 heavy (non-hydrogen) atoms. The number of hydrogen-bond acceptors (Lipinski definition) is 5. The van der Waals surface area contributed by atoms with Crippen LogP contribution in [0.4, 0.5) is 5.69 Å². The molecule has 2 aromatic rings. The van der Waals surface area contributed by atoms with Gasteiger partial charge in [-0.3, -0.25) is 9.59 Å². The Morgan fingerprint density at radius 3 is 2.54 bits per heavy atom. The lowest BCUT2D eigenvalue weighted by atomic mass is 10.2. The summed E-state index contributed by atoms with van der Waals surface area (Å²) in [6.45, 7) is 4.95. The predicted octanol–water partition coefficient (Wildman–Crippen LogP) is 2.26. The number of fused-ring (bicyclic) bond motifs is 1. The van der Waals surface area contributed by atoms with E-state index in [9.17, 15) is 9.59 Å². The van der Waals surface area contributed by atoms with Crippen LogP contribution in [0.3, 0.4) is 0 Å². The smallest absolute Gasteiger partial charge is 0.227 e. The molecule has 0 atom stereocenters. The van der Waals surface area contributed by atoms with Crippen molar-refractivity contribution < 1.29 is 14.3 Å². The normalized spacial score (nSPS) is 16.8. The van der Waals surface area contributed by atoms with E-state index in [-0.39, 0.29) is 24.7 Å². The number of para-hydroxylation sites is 1. The molecule has 2 aliphatic rings. The second-order valence-electron chi connectivity index (χ2n) is 6.87. The average Bonchev–Trinajstić information content (AvgIpc) is 3.10. The number of carbonyl (C=O) groups excluding carboxylic acids is 2. The van der Waals surface area contributed by atoms with Gasteiger partial charge in [-0.2, -0.15) is 5.10 Å². The fourth-order valence-corrected chi connectivity index (χ4v) is 4.73. The number of carbonyl (C=O) groups is 2. The largest absolute Gasteiger partial charge is 0.378 e. The summed E-state index contributed by atoms with van der Waals surface area (Å²) in [6, 6.07) is 9.95. The number of amides is 2. The second-order valence-corrected chi connectivity index (χ2v) is 7.96. The number of aryl methyl sites for hydroxylation is 1. The van der Waals surface area contributed by atoms with Gasteiger partial charge in [0.2, 0.25) is 11.8 Å². The Hall–Kier alpha value is -2.32. The van der Waals surface area contributed by atoms with E-state index < -0.39 is 0 Å². The second kappa shape index (κ2) is 8.36. The summed E-state index contributed by atoms with van der Waals surface area (Å²) < 4.78 is 7.19. The van der Waals surface area contributed by atoms with Gasteiger partial charge in [-0.1, -0.05) is 18.2 Å². The Kier molecular flexibility index (Phi) is 5.68. The molecule has 0 saturated carbocycles. The third-order valence-corrected chi connectivity index (χ3v) is 6.06. The summed E-state index contributed by atoms with van der Waals surface area (Å²) >= 11 is 1.72. The maximum Gasteiger partial charge on any atom is 0.227 e. The fourth-order valence-electron chi connectivity index (χ4n) is 3.60. The first kappa shape index (κ1) is 19.0. The van der Waals surface area contributed by atoms with Gasteiger partial charge in [-0.25, -0.2) is 4.68 Å². The van der Waals surface area contributed by atoms with E-state index in [1.165, 1.54) is 0 Å². The highest BCUT2D eigenvalue weighted by molar-refractivity contribution is 7.99. The van der Waals surface area contributed by atoms with Crippen molar-refractivity contribution in [3.8, 4) is 5.69 Å². The van der Waals surface area contributed by atoms with Gasteiger partial charge in [0.25, 0.3) is 0 Å². The molecule has 0 spiro atoms. The van der Waals surface area contributed by atoms with Crippen LogP contribution in [0.2, 0.25) is 0 Å². The topological polar surface area (TPSA) is 67.7 Å². The van der Waals surface area contributed by atoms with Gasteiger partial charge in [-0.05, 0) is 19.1 Å². The van der Waals surface area contributed by atoms with Gasteiger partial charge in [0.15, 0.2) is 0 Å². The first-order valence-corrected chi connectivity index (χ1v) is 10.6. The van der Waals surface area contributed by atoms with Crippen LogP contribution < -0.4 is 4.90 Å². The minimum absolute atomic E-state index is 0.0149. The van der Waals surface area contributed by atoms with Gasteiger partial charge in [-0.15, -0.1) is 11.8 Å². The van der Waals surface area contributed by atoms with E-state index in [2.05, 4.69) is 5.10 Å². The van der Waals surface area contributed by atoms with E-state index in [0.29, 0.717) is 32.8 Å². The third-order valence-electron chi connectivity index (χ3n) is 5.03. The number of nitrogens with zero attached hydrogens (tertiary/aromatic N) is 4. The monoisotopic (exact) mass is 400 g/mol. The summed E-state index contributed by atoms with van der Waals surface area (Å²) in [5.74, 6) is 0.826. The lowest BCUT2D eigenvalue weighted by Crippen LogP contribution is -2.41. The molecule has 4 rings (SSSR count). The highest BCUT2D eigenvalue weighted by Gasteiger charge is 2.30. The number of thioether (sulfide) groups is 1. The minimum Gasteiger partial charge on any atom is -0.378 e. The Bertz CT molecular complexity index is 862. The maximum absolute atomic E-state index is 12.9. The van der Waals surface area contributed by atoms with Crippen molar-refractivity contribution in [2.75, 3.05) is 43.5 Å². The summed E-state index contributed by atoms with van der Waals surface area (Å²) in [7, 11) is 0. The van der Waals surface area contributed by atoms with Crippen molar-refractivity contribution in [3.05, 3.63) is 36.0 Å². The standard InChI is InChI=1S/C20H24N4O3S/c1-15-19-20(24(21-15)16-5-3-2-4-6-16)28-14-11-23(19)18(26)8-7-17(25)22-9-12-27-13-10-22/h2-6H,7-14H2,1H3. The van der Waals surface area contributed by atoms with Crippen LogP contribution in [0.5, 0.6) is 0 Å². The Balaban J connectivity index is 1.49. The third kappa shape index (κ3) is 3.79. The van der Waals surface area contributed by atoms with Crippen molar-refractivity contribution in [1.82, 2.24) is 14.7 Å². The molecular formula is C20H24N4O3S. The van der Waals surface area contributed by atoms with E-state index in [0.717, 1.165) is 27.8 Å². The number of anilines is 1. The zero-order valence-electron chi connectivity index (χ0n) is 16.0.